The monoisotopic (exact) mass is 376 g/mol. The van der Waals surface area contributed by atoms with Crippen molar-refractivity contribution in [1.29, 1.82) is 0 Å². The van der Waals surface area contributed by atoms with Crippen molar-refractivity contribution in [1.82, 2.24) is 5.32 Å². The molecule has 3 rings (SSSR count). The maximum atomic E-state index is 12.0. The van der Waals surface area contributed by atoms with Gasteiger partial charge in [0.25, 0.3) is 5.91 Å². The molecule has 1 N–H and O–H groups in total. The smallest absolute Gasteiger partial charge is 0.264 e. The van der Waals surface area contributed by atoms with E-state index in [1.54, 1.807) is 18.2 Å². The number of carbonyl (C=O) groups is 1. The SMILES string of the molecule is Cc1cccc(N=C2NC(=O)/C(=C\c3ccc(Br)o3)S2)c1C. The molecule has 0 spiro atoms. The molecular formula is C16H13BrN2O2S. The first-order valence-corrected chi connectivity index (χ1v) is 8.25. The van der Waals surface area contributed by atoms with Crippen LogP contribution >= 0.6 is 27.7 Å². The van der Waals surface area contributed by atoms with E-state index in [1.807, 2.05) is 32.0 Å². The first kappa shape index (κ1) is 15.1. The lowest BCUT2D eigenvalue weighted by molar-refractivity contribution is -0.115. The quantitative estimate of drug-likeness (QED) is 0.782. The van der Waals surface area contributed by atoms with Crippen LogP contribution in [0.1, 0.15) is 16.9 Å². The molecule has 0 atom stereocenters. The van der Waals surface area contributed by atoms with Crippen molar-refractivity contribution >= 4 is 50.5 Å². The number of amidine groups is 1. The lowest BCUT2D eigenvalue weighted by atomic mass is 10.1. The second kappa shape index (κ2) is 6.14. The minimum absolute atomic E-state index is 0.165. The van der Waals surface area contributed by atoms with Gasteiger partial charge in [-0.25, -0.2) is 4.99 Å². The summed E-state index contributed by atoms with van der Waals surface area (Å²) >= 11 is 4.55. The fourth-order valence-electron chi connectivity index (χ4n) is 1.98. The van der Waals surface area contributed by atoms with Gasteiger partial charge in [0.05, 0.1) is 10.6 Å². The third-order valence-electron chi connectivity index (χ3n) is 3.32. The number of furan rings is 1. The summed E-state index contributed by atoms with van der Waals surface area (Å²) in [6.45, 7) is 4.06. The summed E-state index contributed by atoms with van der Waals surface area (Å²) in [5.41, 5.74) is 3.15. The van der Waals surface area contributed by atoms with Gasteiger partial charge in [-0.05, 0) is 70.9 Å². The Balaban J connectivity index is 1.87. The number of nitrogens with one attached hydrogen (secondary N) is 1. The van der Waals surface area contributed by atoms with Crippen LogP contribution in [0.4, 0.5) is 5.69 Å². The first-order chi connectivity index (χ1) is 10.5. The molecule has 1 amide bonds. The number of amides is 1. The summed E-state index contributed by atoms with van der Waals surface area (Å²) in [6.07, 6.45) is 1.70. The highest BCUT2D eigenvalue weighted by atomic mass is 79.9. The highest BCUT2D eigenvalue weighted by Crippen LogP contribution is 2.30. The summed E-state index contributed by atoms with van der Waals surface area (Å²) < 4.78 is 6.02. The Kier molecular flexibility index (Phi) is 4.22. The second-order valence-electron chi connectivity index (χ2n) is 4.84. The van der Waals surface area contributed by atoms with Gasteiger partial charge in [0.2, 0.25) is 0 Å². The van der Waals surface area contributed by atoms with Crippen molar-refractivity contribution < 1.29 is 9.21 Å². The molecule has 1 aliphatic rings. The molecule has 0 aliphatic carbocycles. The Morgan fingerprint density at radius 2 is 2.09 bits per heavy atom. The third kappa shape index (κ3) is 3.18. The molecule has 22 heavy (non-hydrogen) atoms. The van der Waals surface area contributed by atoms with Crippen LogP contribution in [-0.4, -0.2) is 11.1 Å². The molecule has 112 valence electrons. The van der Waals surface area contributed by atoms with Crippen molar-refractivity contribution in [3.05, 3.63) is 56.8 Å². The molecule has 2 heterocycles. The van der Waals surface area contributed by atoms with Crippen LogP contribution in [0.15, 0.2) is 49.3 Å². The predicted octanol–water partition coefficient (Wildman–Crippen LogP) is 4.55. The summed E-state index contributed by atoms with van der Waals surface area (Å²) in [7, 11) is 0. The number of aliphatic imine (C=N–C) groups is 1. The zero-order valence-corrected chi connectivity index (χ0v) is 14.4. The topological polar surface area (TPSA) is 54.6 Å². The summed E-state index contributed by atoms with van der Waals surface area (Å²) in [4.78, 5) is 17.1. The van der Waals surface area contributed by atoms with Crippen LogP contribution in [0.5, 0.6) is 0 Å². The number of carbonyl (C=O) groups excluding carboxylic acids is 1. The molecule has 1 aromatic heterocycles. The van der Waals surface area contributed by atoms with Crippen LogP contribution in [0.3, 0.4) is 0 Å². The van der Waals surface area contributed by atoms with Crippen LogP contribution in [0, 0.1) is 13.8 Å². The van der Waals surface area contributed by atoms with Gasteiger partial charge in [-0.15, -0.1) is 0 Å². The molecule has 2 aromatic rings. The summed E-state index contributed by atoms with van der Waals surface area (Å²) in [5.74, 6) is 0.457. The van der Waals surface area contributed by atoms with E-state index < -0.39 is 0 Å². The average Bonchev–Trinajstić information content (AvgIpc) is 3.02. The van der Waals surface area contributed by atoms with E-state index in [2.05, 4.69) is 26.2 Å². The van der Waals surface area contributed by atoms with Crippen molar-refractivity contribution in [3.8, 4) is 0 Å². The van der Waals surface area contributed by atoms with Crippen molar-refractivity contribution in [2.75, 3.05) is 0 Å². The van der Waals surface area contributed by atoms with Gasteiger partial charge in [0, 0.05) is 6.08 Å². The van der Waals surface area contributed by atoms with Gasteiger partial charge in [-0.1, -0.05) is 12.1 Å². The highest BCUT2D eigenvalue weighted by Gasteiger charge is 2.24. The van der Waals surface area contributed by atoms with Gasteiger partial charge in [0.1, 0.15) is 5.76 Å². The van der Waals surface area contributed by atoms with E-state index in [4.69, 9.17) is 4.42 Å². The number of aryl methyl sites for hydroxylation is 1. The van der Waals surface area contributed by atoms with Crippen LogP contribution in [0.2, 0.25) is 0 Å². The van der Waals surface area contributed by atoms with Crippen molar-refractivity contribution in [2.45, 2.75) is 13.8 Å². The third-order valence-corrected chi connectivity index (χ3v) is 4.65. The average molecular weight is 377 g/mol. The van der Waals surface area contributed by atoms with Gasteiger partial charge < -0.3 is 9.73 Å². The lowest BCUT2D eigenvalue weighted by Gasteiger charge is -2.04. The van der Waals surface area contributed by atoms with Gasteiger partial charge in [0.15, 0.2) is 9.84 Å². The molecule has 0 saturated carbocycles. The van der Waals surface area contributed by atoms with E-state index in [-0.39, 0.29) is 5.91 Å². The maximum Gasteiger partial charge on any atom is 0.264 e. The largest absolute Gasteiger partial charge is 0.450 e. The van der Waals surface area contributed by atoms with E-state index in [0.717, 1.165) is 11.3 Å². The van der Waals surface area contributed by atoms with Crippen molar-refractivity contribution in [2.24, 2.45) is 4.99 Å². The molecule has 1 aromatic carbocycles. The lowest BCUT2D eigenvalue weighted by Crippen LogP contribution is -2.19. The predicted molar refractivity (Wildman–Crippen MR) is 93.1 cm³/mol. The minimum atomic E-state index is -0.165. The fourth-order valence-corrected chi connectivity index (χ4v) is 3.12. The number of hydrogen-bond donors (Lipinski definition) is 1. The Morgan fingerprint density at radius 1 is 1.27 bits per heavy atom. The number of halogens is 1. The fraction of sp³-hybridized carbons (Fsp3) is 0.125. The molecule has 0 bridgehead atoms. The van der Waals surface area contributed by atoms with Crippen LogP contribution in [-0.2, 0) is 4.79 Å². The van der Waals surface area contributed by atoms with Crippen LogP contribution < -0.4 is 5.32 Å². The normalized spacial score (nSPS) is 18.2. The standard InChI is InChI=1S/C16H13BrN2O2S/c1-9-4-3-5-12(10(9)2)18-16-19-15(20)13(22-16)8-11-6-7-14(17)21-11/h3-8H,1-2H3,(H,18,19,20)/b13-8+. The molecule has 1 saturated heterocycles. The Morgan fingerprint density at radius 3 is 2.82 bits per heavy atom. The maximum absolute atomic E-state index is 12.0. The molecule has 0 unspecified atom stereocenters. The Labute approximate surface area is 140 Å². The number of hydrogen-bond acceptors (Lipinski definition) is 4. The minimum Gasteiger partial charge on any atom is -0.450 e. The van der Waals surface area contributed by atoms with Gasteiger partial charge in [-0.2, -0.15) is 0 Å². The first-order valence-electron chi connectivity index (χ1n) is 6.64. The van der Waals surface area contributed by atoms with E-state index >= 15 is 0 Å². The Hall–Kier alpha value is -1.79. The molecule has 1 fully saturated rings. The van der Waals surface area contributed by atoms with Gasteiger partial charge in [-0.3, -0.25) is 4.79 Å². The molecule has 1 aliphatic heterocycles. The highest BCUT2D eigenvalue weighted by molar-refractivity contribution is 9.10. The van der Waals surface area contributed by atoms with E-state index in [9.17, 15) is 4.79 Å². The number of benzene rings is 1. The number of thioether (sulfide) groups is 1. The summed E-state index contributed by atoms with van der Waals surface area (Å²) in [6, 6.07) is 9.52. The van der Waals surface area contributed by atoms with E-state index in [1.165, 1.54) is 17.3 Å². The molecule has 6 heteroatoms. The van der Waals surface area contributed by atoms with E-state index in [0.29, 0.717) is 20.5 Å². The van der Waals surface area contributed by atoms with Crippen molar-refractivity contribution in [3.63, 3.8) is 0 Å². The van der Waals surface area contributed by atoms with Crippen LogP contribution in [0.25, 0.3) is 6.08 Å². The summed E-state index contributed by atoms with van der Waals surface area (Å²) in [5, 5.41) is 3.36. The molecular weight excluding hydrogens is 364 g/mol. The zero-order chi connectivity index (χ0) is 15.7. The molecule has 4 nitrogen and oxygen atoms in total. The zero-order valence-electron chi connectivity index (χ0n) is 12.0. The number of rotatable bonds is 2. The Bertz CT molecular complexity index is 808. The number of nitrogens with zero attached hydrogens (tertiary/aromatic N) is 1. The van der Waals surface area contributed by atoms with Gasteiger partial charge >= 0.3 is 0 Å². The molecule has 0 radical (unpaired) electrons. The second-order valence-corrected chi connectivity index (χ2v) is 6.65.